The van der Waals surface area contributed by atoms with Crippen molar-refractivity contribution in [2.24, 2.45) is 0 Å². The molecule has 0 saturated heterocycles. The summed E-state index contributed by atoms with van der Waals surface area (Å²) < 4.78 is 10.4. The molecule has 0 radical (unpaired) electrons. The molecule has 0 aromatic heterocycles. The number of ether oxygens (including phenoxy) is 2. The van der Waals surface area contributed by atoms with Crippen LogP contribution in [-0.4, -0.2) is 24.8 Å². The Morgan fingerprint density at radius 3 is 2.50 bits per heavy atom. The van der Waals surface area contributed by atoms with Gasteiger partial charge in [-0.15, -0.1) is 0 Å². The zero-order valence-corrected chi connectivity index (χ0v) is 13.1. The van der Waals surface area contributed by atoms with Gasteiger partial charge in [-0.1, -0.05) is 18.2 Å². The molecule has 0 bridgehead atoms. The van der Waals surface area contributed by atoms with E-state index in [9.17, 15) is 9.90 Å². The first-order valence-corrected chi connectivity index (χ1v) is 7.12. The fourth-order valence-electron chi connectivity index (χ4n) is 2.54. The molecular weight excluding hydrogens is 280 g/mol. The van der Waals surface area contributed by atoms with E-state index in [0.717, 1.165) is 22.4 Å². The molecule has 0 fully saturated rings. The second-order valence-corrected chi connectivity index (χ2v) is 5.09. The van der Waals surface area contributed by atoms with Crippen LogP contribution in [0.25, 0.3) is 0 Å². The molecule has 0 aliphatic heterocycles. The number of aryl methyl sites for hydroxylation is 1. The predicted molar refractivity (Wildman–Crippen MR) is 84.6 cm³/mol. The van der Waals surface area contributed by atoms with Crippen LogP contribution in [0, 0.1) is 13.8 Å². The van der Waals surface area contributed by atoms with Gasteiger partial charge in [0.25, 0.3) is 0 Å². The van der Waals surface area contributed by atoms with Crippen molar-refractivity contribution in [2.45, 2.75) is 20.3 Å². The summed E-state index contributed by atoms with van der Waals surface area (Å²) in [6.45, 7) is 4.22. The molecule has 0 saturated carbocycles. The van der Waals surface area contributed by atoms with Crippen LogP contribution in [0.4, 0.5) is 0 Å². The number of carbonyl (C=O) groups excluding carboxylic acids is 1. The summed E-state index contributed by atoms with van der Waals surface area (Å²) in [5.41, 5.74) is 2.89. The highest BCUT2D eigenvalue weighted by molar-refractivity contribution is 5.94. The molecule has 0 unspecified atom stereocenters. The molecule has 0 aliphatic rings. The van der Waals surface area contributed by atoms with Gasteiger partial charge in [0, 0.05) is 6.42 Å². The minimum atomic E-state index is -0.528. The highest BCUT2D eigenvalue weighted by atomic mass is 16.5. The molecule has 1 N–H and O–H groups in total. The number of hydrogen-bond donors (Lipinski definition) is 1. The van der Waals surface area contributed by atoms with Crippen molar-refractivity contribution >= 4 is 5.97 Å². The summed E-state index contributed by atoms with van der Waals surface area (Å²) in [4.78, 5) is 11.8. The lowest BCUT2D eigenvalue weighted by Gasteiger charge is -2.15. The van der Waals surface area contributed by atoms with Crippen molar-refractivity contribution < 1.29 is 19.4 Å². The van der Waals surface area contributed by atoms with Crippen LogP contribution < -0.4 is 4.74 Å². The van der Waals surface area contributed by atoms with Crippen molar-refractivity contribution in [1.29, 1.82) is 0 Å². The summed E-state index contributed by atoms with van der Waals surface area (Å²) in [7, 11) is 1.30. The lowest BCUT2D eigenvalue weighted by Crippen LogP contribution is -2.10. The fraction of sp³-hybridized carbons (Fsp3) is 0.278. The number of methoxy groups -OCH3 is 1. The van der Waals surface area contributed by atoms with Gasteiger partial charge in [0.05, 0.1) is 13.7 Å². The molecule has 2 aromatic carbocycles. The Labute approximate surface area is 130 Å². The summed E-state index contributed by atoms with van der Waals surface area (Å²) >= 11 is 0. The average molecular weight is 300 g/mol. The quantitative estimate of drug-likeness (QED) is 0.860. The van der Waals surface area contributed by atoms with E-state index in [2.05, 4.69) is 0 Å². The molecular formula is C18H20O4. The minimum absolute atomic E-state index is 0.0467. The molecule has 2 aromatic rings. The predicted octanol–water partition coefficient (Wildman–Crippen LogP) is 3.42. The van der Waals surface area contributed by atoms with E-state index in [1.165, 1.54) is 7.11 Å². The summed E-state index contributed by atoms with van der Waals surface area (Å²) in [5.74, 6) is 0.236. The third-order valence-corrected chi connectivity index (χ3v) is 3.67. The van der Waals surface area contributed by atoms with Crippen molar-refractivity contribution in [3.63, 3.8) is 0 Å². The van der Waals surface area contributed by atoms with E-state index >= 15 is 0 Å². The van der Waals surface area contributed by atoms with Crippen LogP contribution in [0.5, 0.6) is 11.5 Å². The average Bonchev–Trinajstić information content (AvgIpc) is 2.51. The molecule has 116 valence electrons. The standard InChI is InChI=1S/C18H20O4/c1-12-11-16(19)17(18(20)21-3)13(2)15(12)9-10-22-14-7-5-4-6-8-14/h4-8,11,19H,9-10H2,1-3H3. The fourth-order valence-corrected chi connectivity index (χ4v) is 2.54. The van der Waals surface area contributed by atoms with Gasteiger partial charge >= 0.3 is 5.97 Å². The third kappa shape index (κ3) is 3.39. The Balaban J connectivity index is 2.18. The van der Waals surface area contributed by atoms with Gasteiger partial charge in [-0.25, -0.2) is 4.79 Å². The summed E-state index contributed by atoms with van der Waals surface area (Å²) in [6, 6.07) is 11.2. The molecule has 4 heteroatoms. The maximum absolute atomic E-state index is 11.8. The number of aromatic hydroxyl groups is 1. The van der Waals surface area contributed by atoms with Gasteiger partial charge in [-0.3, -0.25) is 0 Å². The first-order valence-electron chi connectivity index (χ1n) is 7.12. The van der Waals surface area contributed by atoms with E-state index in [-0.39, 0.29) is 11.3 Å². The highest BCUT2D eigenvalue weighted by Gasteiger charge is 2.19. The number of rotatable bonds is 5. The number of phenols is 1. The van der Waals surface area contributed by atoms with Crippen molar-refractivity contribution in [3.8, 4) is 11.5 Å². The second-order valence-electron chi connectivity index (χ2n) is 5.09. The summed E-state index contributed by atoms with van der Waals surface area (Å²) in [5, 5.41) is 9.97. The highest BCUT2D eigenvalue weighted by Crippen LogP contribution is 2.28. The Hall–Kier alpha value is -2.49. The summed E-state index contributed by atoms with van der Waals surface area (Å²) in [6.07, 6.45) is 0.650. The van der Waals surface area contributed by atoms with Crippen molar-refractivity contribution in [2.75, 3.05) is 13.7 Å². The van der Waals surface area contributed by atoms with E-state index in [1.807, 2.05) is 44.2 Å². The van der Waals surface area contributed by atoms with E-state index in [1.54, 1.807) is 6.07 Å². The molecule has 0 aliphatic carbocycles. The lowest BCUT2D eigenvalue weighted by atomic mass is 9.94. The van der Waals surface area contributed by atoms with Crippen LogP contribution in [0.3, 0.4) is 0 Å². The molecule has 0 spiro atoms. The van der Waals surface area contributed by atoms with Gasteiger partial charge in [0.2, 0.25) is 0 Å². The Morgan fingerprint density at radius 1 is 1.18 bits per heavy atom. The maximum Gasteiger partial charge on any atom is 0.341 e. The van der Waals surface area contributed by atoms with Crippen LogP contribution in [0.1, 0.15) is 27.0 Å². The van der Waals surface area contributed by atoms with E-state index in [4.69, 9.17) is 9.47 Å². The normalized spacial score (nSPS) is 10.3. The van der Waals surface area contributed by atoms with E-state index in [0.29, 0.717) is 13.0 Å². The van der Waals surface area contributed by atoms with E-state index < -0.39 is 5.97 Å². The first-order chi connectivity index (χ1) is 10.5. The molecule has 22 heavy (non-hydrogen) atoms. The maximum atomic E-state index is 11.8. The first kappa shape index (κ1) is 15.9. The largest absolute Gasteiger partial charge is 0.507 e. The molecule has 0 amide bonds. The monoisotopic (exact) mass is 300 g/mol. The zero-order chi connectivity index (χ0) is 16.1. The zero-order valence-electron chi connectivity index (χ0n) is 13.1. The number of esters is 1. The topological polar surface area (TPSA) is 55.8 Å². The van der Waals surface area contributed by atoms with Gasteiger partial charge in [-0.05, 0) is 48.7 Å². The SMILES string of the molecule is COC(=O)c1c(O)cc(C)c(CCOc2ccccc2)c1C. The van der Waals surface area contributed by atoms with Crippen LogP contribution in [0.2, 0.25) is 0 Å². The lowest BCUT2D eigenvalue weighted by molar-refractivity contribution is 0.0596. The van der Waals surface area contributed by atoms with Gasteiger partial charge in [0.15, 0.2) is 0 Å². The van der Waals surface area contributed by atoms with Crippen LogP contribution in [-0.2, 0) is 11.2 Å². The smallest absolute Gasteiger partial charge is 0.341 e. The van der Waals surface area contributed by atoms with Gasteiger partial charge < -0.3 is 14.6 Å². The number of hydrogen-bond acceptors (Lipinski definition) is 4. The van der Waals surface area contributed by atoms with Crippen LogP contribution >= 0.6 is 0 Å². The van der Waals surface area contributed by atoms with Crippen molar-refractivity contribution in [1.82, 2.24) is 0 Å². The van der Waals surface area contributed by atoms with Gasteiger partial charge in [0.1, 0.15) is 17.1 Å². The molecule has 0 atom stereocenters. The van der Waals surface area contributed by atoms with Crippen LogP contribution in [0.15, 0.2) is 36.4 Å². The number of carbonyl (C=O) groups is 1. The minimum Gasteiger partial charge on any atom is -0.507 e. The molecule has 4 nitrogen and oxygen atoms in total. The van der Waals surface area contributed by atoms with Crippen molar-refractivity contribution in [3.05, 3.63) is 58.7 Å². The Bertz CT molecular complexity index is 663. The number of benzene rings is 2. The Kier molecular flexibility index (Phi) is 5.04. The molecule has 2 rings (SSSR count). The Morgan fingerprint density at radius 2 is 1.86 bits per heavy atom. The van der Waals surface area contributed by atoms with Gasteiger partial charge in [-0.2, -0.15) is 0 Å². The number of para-hydroxylation sites is 1. The molecule has 0 heterocycles. The second kappa shape index (κ2) is 6.98. The third-order valence-electron chi connectivity index (χ3n) is 3.67. The number of phenolic OH excluding ortho intramolecular Hbond substituents is 1.